The number of benzene rings is 7. The molecule has 0 amide bonds. The third kappa shape index (κ3) is 4.45. The van der Waals surface area contributed by atoms with Crippen molar-refractivity contribution in [1.82, 2.24) is 19.5 Å². The van der Waals surface area contributed by atoms with Gasteiger partial charge in [-0.15, -0.1) is 0 Å². The van der Waals surface area contributed by atoms with Crippen LogP contribution in [0, 0.1) is 0 Å². The van der Waals surface area contributed by atoms with Gasteiger partial charge in [-0.25, -0.2) is 15.0 Å². The molecule has 10 rings (SSSR count). The lowest BCUT2D eigenvalue weighted by atomic mass is 9.99. The predicted octanol–water partition coefficient (Wildman–Crippen LogP) is 11.5. The van der Waals surface area contributed by atoms with Crippen molar-refractivity contribution >= 4 is 43.7 Å². The summed E-state index contributed by atoms with van der Waals surface area (Å²) in [6.45, 7) is 0. The summed E-state index contributed by atoms with van der Waals surface area (Å²) in [5.74, 6) is 1.80. The van der Waals surface area contributed by atoms with Crippen molar-refractivity contribution in [3.8, 4) is 51.0 Å². The molecular formula is C45H28N4O. The Labute approximate surface area is 287 Å². The fourth-order valence-corrected chi connectivity index (χ4v) is 7.28. The van der Waals surface area contributed by atoms with E-state index in [-0.39, 0.29) is 0 Å². The minimum Gasteiger partial charge on any atom is -0.456 e. The maximum atomic E-state index is 6.49. The smallest absolute Gasteiger partial charge is 0.166 e. The summed E-state index contributed by atoms with van der Waals surface area (Å²) in [5.41, 5.74) is 9.84. The third-order valence-electron chi connectivity index (χ3n) is 9.47. The first-order valence-corrected chi connectivity index (χ1v) is 16.7. The topological polar surface area (TPSA) is 56.7 Å². The molecule has 0 aliphatic rings. The summed E-state index contributed by atoms with van der Waals surface area (Å²) in [6.07, 6.45) is 0. The van der Waals surface area contributed by atoms with Gasteiger partial charge in [-0.05, 0) is 41.5 Å². The molecule has 0 aliphatic carbocycles. The molecule has 234 valence electrons. The third-order valence-corrected chi connectivity index (χ3v) is 9.47. The fourth-order valence-electron chi connectivity index (χ4n) is 7.28. The second-order valence-corrected chi connectivity index (χ2v) is 12.4. The summed E-state index contributed by atoms with van der Waals surface area (Å²) in [4.78, 5) is 15.5. The van der Waals surface area contributed by atoms with Crippen LogP contribution in [0.2, 0.25) is 0 Å². The maximum absolute atomic E-state index is 6.49. The van der Waals surface area contributed by atoms with Crippen molar-refractivity contribution in [2.45, 2.75) is 0 Å². The Kier molecular flexibility index (Phi) is 6.42. The second-order valence-electron chi connectivity index (χ2n) is 12.4. The van der Waals surface area contributed by atoms with Crippen LogP contribution in [0.3, 0.4) is 0 Å². The van der Waals surface area contributed by atoms with Crippen molar-refractivity contribution in [2.24, 2.45) is 0 Å². The first-order chi connectivity index (χ1) is 24.8. The minimum atomic E-state index is 0.579. The fraction of sp³-hybridized carbons (Fsp3) is 0. The number of hydrogen-bond acceptors (Lipinski definition) is 4. The molecule has 5 heteroatoms. The molecule has 0 fully saturated rings. The Morgan fingerprint density at radius 3 is 1.64 bits per heavy atom. The highest BCUT2D eigenvalue weighted by Crippen LogP contribution is 2.44. The molecule has 5 nitrogen and oxygen atoms in total. The number of aromatic nitrogens is 4. The Hall–Kier alpha value is -6.85. The zero-order valence-corrected chi connectivity index (χ0v) is 26.9. The van der Waals surface area contributed by atoms with E-state index in [2.05, 4.69) is 102 Å². The summed E-state index contributed by atoms with van der Waals surface area (Å²) in [5, 5.41) is 4.35. The standard InChI is InChI=1S/C45H28N4O/c1-4-15-29(16-5-1)32-23-14-25-36-40(32)33-21-10-12-24-35(33)49(36)37-27-28-39-41(34-22-11-13-26-38(34)50-39)42(37)45-47-43(30-17-6-2-7-18-30)46-44(48-45)31-19-8-3-9-20-31/h1-28H. The molecule has 0 aliphatic heterocycles. The summed E-state index contributed by atoms with van der Waals surface area (Å²) >= 11 is 0. The first-order valence-electron chi connectivity index (χ1n) is 16.7. The molecule has 3 heterocycles. The van der Waals surface area contributed by atoms with Crippen molar-refractivity contribution in [3.05, 3.63) is 170 Å². The molecule has 0 bridgehead atoms. The van der Waals surface area contributed by atoms with Crippen LogP contribution in [0.4, 0.5) is 0 Å². The van der Waals surface area contributed by atoms with E-state index in [4.69, 9.17) is 19.4 Å². The molecule has 0 saturated heterocycles. The van der Waals surface area contributed by atoms with Crippen LogP contribution in [-0.4, -0.2) is 19.5 Å². The normalized spacial score (nSPS) is 11.6. The van der Waals surface area contributed by atoms with E-state index in [1.165, 1.54) is 21.9 Å². The lowest BCUT2D eigenvalue weighted by Crippen LogP contribution is -2.04. The Bertz CT molecular complexity index is 2800. The summed E-state index contributed by atoms with van der Waals surface area (Å²) in [6, 6.07) is 58.5. The van der Waals surface area contributed by atoms with Crippen LogP contribution < -0.4 is 0 Å². The van der Waals surface area contributed by atoms with E-state index in [1.807, 2.05) is 72.8 Å². The van der Waals surface area contributed by atoms with Gasteiger partial charge < -0.3 is 8.98 Å². The predicted molar refractivity (Wildman–Crippen MR) is 203 cm³/mol. The van der Waals surface area contributed by atoms with Gasteiger partial charge in [0.15, 0.2) is 17.5 Å². The monoisotopic (exact) mass is 640 g/mol. The van der Waals surface area contributed by atoms with Gasteiger partial charge in [0, 0.05) is 32.7 Å². The number of para-hydroxylation sites is 2. The van der Waals surface area contributed by atoms with Gasteiger partial charge in [0.2, 0.25) is 0 Å². The molecule has 0 radical (unpaired) electrons. The SMILES string of the molecule is c1ccc(-c2nc(-c3ccccc3)nc(-c3c(-n4c5ccccc5c5c(-c6ccccc6)cccc54)ccc4oc5ccccc5c34)n2)cc1. The van der Waals surface area contributed by atoms with E-state index < -0.39 is 0 Å². The highest BCUT2D eigenvalue weighted by molar-refractivity contribution is 6.18. The van der Waals surface area contributed by atoms with Gasteiger partial charge in [0.25, 0.3) is 0 Å². The molecule has 0 N–H and O–H groups in total. The van der Waals surface area contributed by atoms with Crippen LogP contribution in [0.15, 0.2) is 174 Å². The highest BCUT2D eigenvalue weighted by Gasteiger charge is 2.25. The van der Waals surface area contributed by atoms with Crippen LogP contribution in [0.5, 0.6) is 0 Å². The molecule has 3 aromatic heterocycles. The van der Waals surface area contributed by atoms with Crippen molar-refractivity contribution in [3.63, 3.8) is 0 Å². The number of fused-ring (bicyclic) bond motifs is 6. The Morgan fingerprint density at radius 2 is 0.940 bits per heavy atom. The zero-order chi connectivity index (χ0) is 33.0. The average molecular weight is 641 g/mol. The number of rotatable bonds is 5. The zero-order valence-electron chi connectivity index (χ0n) is 26.9. The molecule has 0 saturated carbocycles. The van der Waals surface area contributed by atoms with Gasteiger partial charge in [-0.2, -0.15) is 0 Å². The van der Waals surface area contributed by atoms with E-state index in [1.54, 1.807) is 0 Å². The lowest BCUT2D eigenvalue weighted by Gasteiger charge is -2.16. The number of furan rings is 1. The summed E-state index contributed by atoms with van der Waals surface area (Å²) < 4.78 is 8.85. The van der Waals surface area contributed by atoms with Gasteiger partial charge in [-0.1, -0.05) is 140 Å². The number of nitrogens with zero attached hydrogens (tertiary/aromatic N) is 4. The van der Waals surface area contributed by atoms with Crippen molar-refractivity contribution in [1.29, 1.82) is 0 Å². The first kappa shape index (κ1) is 28.2. The molecule has 7 aromatic carbocycles. The minimum absolute atomic E-state index is 0.579. The summed E-state index contributed by atoms with van der Waals surface area (Å²) in [7, 11) is 0. The average Bonchev–Trinajstić information content (AvgIpc) is 3.74. The van der Waals surface area contributed by atoms with E-state index >= 15 is 0 Å². The van der Waals surface area contributed by atoms with Crippen LogP contribution in [0.1, 0.15) is 0 Å². The highest BCUT2D eigenvalue weighted by atomic mass is 16.3. The largest absolute Gasteiger partial charge is 0.456 e. The van der Waals surface area contributed by atoms with E-state index in [9.17, 15) is 0 Å². The Balaban J connectivity index is 1.36. The van der Waals surface area contributed by atoms with Crippen molar-refractivity contribution in [2.75, 3.05) is 0 Å². The van der Waals surface area contributed by atoms with Crippen molar-refractivity contribution < 1.29 is 4.42 Å². The van der Waals surface area contributed by atoms with Gasteiger partial charge in [0.05, 0.1) is 22.3 Å². The molecular weight excluding hydrogens is 613 g/mol. The number of hydrogen-bond donors (Lipinski definition) is 0. The molecule has 10 aromatic rings. The van der Waals surface area contributed by atoms with Gasteiger partial charge in [0.1, 0.15) is 11.2 Å². The van der Waals surface area contributed by atoms with Crippen LogP contribution in [-0.2, 0) is 0 Å². The second kappa shape index (κ2) is 11.4. The molecule has 50 heavy (non-hydrogen) atoms. The van der Waals surface area contributed by atoms with Crippen LogP contribution >= 0.6 is 0 Å². The Morgan fingerprint density at radius 1 is 0.380 bits per heavy atom. The molecule has 0 unspecified atom stereocenters. The molecule has 0 spiro atoms. The molecule has 0 atom stereocenters. The van der Waals surface area contributed by atoms with E-state index in [0.717, 1.165) is 55.3 Å². The van der Waals surface area contributed by atoms with Gasteiger partial charge in [-0.3, -0.25) is 0 Å². The quantitative estimate of drug-likeness (QED) is 0.188. The van der Waals surface area contributed by atoms with E-state index in [0.29, 0.717) is 17.5 Å². The maximum Gasteiger partial charge on any atom is 0.166 e. The lowest BCUT2D eigenvalue weighted by molar-refractivity contribution is 0.669. The van der Waals surface area contributed by atoms with Crippen LogP contribution in [0.25, 0.3) is 94.7 Å². The van der Waals surface area contributed by atoms with Gasteiger partial charge >= 0.3 is 0 Å².